The van der Waals surface area contributed by atoms with Gasteiger partial charge in [0.25, 0.3) is 0 Å². The van der Waals surface area contributed by atoms with E-state index in [-0.39, 0.29) is 5.69 Å². The molecule has 0 unspecified atom stereocenters. The summed E-state index contributed by atoms with van der Waals surface area (Å²) in [6.45, 7) is 4.44. The Labute approximate surface area is 90.5 Å². The number of unbranched alkanes of at least 4 members (excludes halogenated alkanes) is 1. The number of aryl methyl sites for hydroxylation is 2. The van der Waals surface area contributed by atoms with Crippen LogP contribution in [-0.2, 0) is 17.8 Å². The van der Waals surface area contributed by atoms with Crippen LogP contribution < -0.4 is 5.69 Å². The maximum Gasteiger partial charge on any atom is 0.328 e. The Morgan fingerprint density at radius 1 is 1.20 bits per heavy atom. The normalized spacial score (nSPS) is 10.8. The Morgan fingerprint density at radius 3 is 2.47 bits per heavy atom. The van der Waals surface area contributed by atoms with Crippen molar-refractivity contribution < 1.29 is 4.74 Å². The van der Waals surface area contributed by atoms with Gasteiger partial charge in [-0.2, -0.15) is 0 Å². The van der Waals surface area contributed by atoms with Crippen LogP contribution in [0.2, 0.25) is 0 Å². The van der Waals surface area contributed by atoms with Crippen molar-refractivity contribution in [2.24, 2.45) is 0 Å². The standard InChI is InChI=1S/C11H20N2O2/c1-3-6-12-8-9-13(11(12)14)7-4-5-10-15-2/h8-9H,3-7,10H2,1-2H3. The van der Waals surface area contributed by atoms with Crippen LogP contribution in [0.3, 0.4) is 0 Å². The van der Waals surface area contributed by atoms with Gasteiger partial charge in [-0.25, -0.2) is 4.79 Å². The van der Waals surface area contributed by atoms with Crippen molar-refractivity contribution >= 4 is 0 Å². The summed E-state index contributed by atoms with van der Waals surface area (Å²) >= 11 is 0. The lowest BCUT2D eigenvalue weighted by atomic mass is 10.3. The topological polar surface area (TPSA) is 36.2 Å². The maximum absolute atomic E-state index is 11.7. The molecule has 86 valence electrons. The van der Waals surface area contributed by atoms with Crippen LogP contribution in [-0.4, -0.2) is 22.9 Å². The average Bonchev–Trinajstić information content (AvgIpc) is 2.57. The first-order valence-corrected chi connectivity index (χ1v) is 5.54. The first-order valence-electron chi connectivity index (χ1n) is 5.54. The third-order valence-corrected chi connectivity index (χ3v) is 2.38. The van der Waals surface area contributed by atoms with Gasteiger partial charge in [-0.3, -0.25) is 9.13 Å². The number of hydrogen-bond donors (Lipinski definition) is 0. The molecule has 0 atom stereocenters. The van der Waals surface area contributed by atoms with E-state index in [0.29, 0.717) is 0 Å². The summed E-state index contributed by atoms with van der Waals surface area (Å²) in [7, 11) is 1.70. The van der Waals surface area contributed by atoms with Crippen LogP contribution in [0.1, 0.15) is 26.2 Å². The third-order valence-electron chi connectivity index (χ3n) is 2.38. The lowest BCUT2D eigenvalue weighted by molar-refractivity contribution is 0.191. The zero-order valence-electron chi connectivity index (χ0n) is 9.61. The molecule has 0 aliphatic heterocycles. The molecule has 4 nitrogen and oxygen atoms in total. The van der Waals surface area contributed by atoms with Crippen LogP contribution in [0.15, 0.2) is 17.2 Å². The molecule has 1 rings (SSSR count). The van der Waals surface area contributed by atoms with E-state index >= 15 is 0 Å². The molecule has 0 fully saturated rings. The van der Waals surface area contributed by atoms with Gasteiger partial charge >= 0.3 is 5.69 Å². The van der Waals surface area contributed by atoms with Gasteiger partial charge in [-0.15, -0.1) is 0 Å². The second kappa shape index (κ2) is 6.45. The highest BCUT2D eigenvalue weighted by Crippen LogP contribution is 1.94. The van der Waals surface area contributed by atoms with E-state index in [4.69, 9.17) is 4.74 Å². The molecular formula is C11H20N2O2. The molecule has 1 heterocycles. The number of rotatable bonds is 7. The average molecular weight is 212 g/mol. The predicted molar refractivity (Wildman–Crippen MR) is 60.1 cm³/mol. The Bertz CT molecular complexity index is 328. The van der Waals surface area contributed by atoms with Crippen LogP contribution >= 0.6 is 0 Å². The molecule has 0 saturated carbocycles. The minimum absolute atomic E-state index is 0.106. The van der Waals surface area contributed by atoms with E-state index in [9.17, 15) is 4.79 Å². The van der Waals surface area contributed by atoms with E-state index in [1.807, 2.05) is 12.4 Å². The largest absolute Gasteiger partial charge is 0.385 e. The number of imidazole rings is 1. The quantitative estimate of drug-likeness (QED) is 0.642. The SMILES string of the molecule is CCCn1ccn(CCCCOC)c1=O. The van der Waals surface area contributed by atoms with Crippen molar-refractivity contribution in [2.75, 3.05) is 13.7 Å². The van der Waals surface area contributed by atoms with Gasteiger partial charge in [0.05, 0.1) is 0 Å². The number of aromatic nitrogens is 2. The first-order chi connectivity index (χ1) is 7.29. The predicted octanol–water partition coefficient (Wildman–Crippen LogP) is 1.49. The molecule has 4 heteroatoms. The number of hydrogen-bond acceptors (Lipinski definition) is 2. The lowest BCUT2D eigenvalue weighted by Crippen LogP contribution is -2.24. The van der Waals surface area contributed by atoms with Crippen molar-refractivity contribution in [3.8, 4) is 0 Å². The van der Waals surface area contributed by atoms with E-state index in [1.165, 1.54) is 0 Å². The first kappa shape index (κ1) is 12.0. The van der Waals surface area contributed by atoms with E-state index in [2.05, 4.69) is 6.92 Å². The molecule has 0 aliphatic carbocycles. The van der Waals surface area contributed by atoms with Crippen LogP contribution in [0.4, 0.5) is 0 Å². The molecular weight excluding hydrogens is 192 g/mol. The molecule has 0 bridgehead atoms. The minimum Gasteiger partial charge on any atom is -0.385 e. The van der Waals surface area contributed by atoms with E-state index in [1.54, 1.807) is 16.2 Å². The fourth-order valence-corrected chi connectivity index (χ4v) is 1.56. The van der Waals surface area contributed by atoms with Gasteiger partial charge in [0, 0.05) is 39.2 Å². The number of nitrogens with zero attached hydrogens (tertiary/aromatic N) is 2. The van der Waals surface area contributed by atoms with Gasteiger partial charge < -0.3 is 4.74 Å². The van der Waals surface area contributed by atoms with Gasteiger partial charge in [0.15, 0.2) is 0 Å². The highest BCUT2D eigenvalue weighted by Gasteiger charge is 2.01. The maximum atomic E-state index is 11.7. The van der Waals surface area contributed by atoms with Gasteiger partial charge in [-0.1, -0.05) is 6.92 Å². The molecule has 0 N–H and O–H groups in total. The molecule has 0 spiro atoms. The fourth-order valence-electron chi connectivity index (χ4n) is 1.56. The van der Waals surface area contributed by atoms with Crippen molar-refractivity contribution in [2.45, 2.75) is 39.3 Å². The second-order valence-corrected chi connectivity index (χ2v) is 3.67. The zero-order valence-corrected chi connectivity index (χ0v) is 9.61. The summed E-state index contributed by atoms with van der Waals surface area (Å²) in [6.07, 6.45) is 6.71. The fraction of sp³-hybridized carbons (Fsp3) is 0.727. The monoisotopic (exact) mass is 212 g/mol. The third kappa shape index (κ3) is 3.55. The minimum atomic E-state index is 0.106. The Morgan fingerprint density at radius 2 is 1.87 bits per heavy atom. The molecule has 0 amide bonds. The molecule has 0 saturated heterocycles. The Hall–Kier alpha value is -1.03. The van der Waals surface area contributed by atoms with Crippen LogP contribution in [0.5, 0.6) is 0 Å². The zero-order chi connectivity index (χ0) is 11.1. The lowest BCUT2D eigenvalue weighted by Gasteiger charge is -2.01. The molecule has 1 aromatic heterocycles. The summed E-state index contributed by atoms with van der Waals surface area (Å²) in [5, 5.41) is 0. The van der Waals surface area contributed by atoms with Crippen molar-refractivity contribution in [1.82, 2.24) is 9.13 Å². The van der Waals surface area contributed by atoms with E-state index in [0.717, 1.165) is 39.0 Å². The van der Waals surface area contributed by atoms with Crippen molar-refractivity contribution in [3.05, 3.63) is 22.9 Å². The second-order valence-electron chi connectivity index (χ2n) is 3.67. The summed E-state index contributed by atoms with van der Waals surface area (Å²) in [6, 6.07) is 0. The molecule has 1 aromatic rings. The summed E-state index contributed by atoms with van der Waals surface area (Å²) < 4.78 is 8.49. The van der Waals surface area contributed by atoms with E-state index < -0.39 is 0 Å². The number of ether oxygens (including phenoxy) is 1. The highest BCUT2D eigenvalue weighted by molar-refractivity contribution is 4.81. The van der Waals surface area contributed by atoms with Gasteiger partial charge in [-0.05, 0) is 19.3 Å². The molecule has 0 aliphatic rings. The molecule has 0 radical (unpaired) electrons. The van der Waals surface area contributed by atoms with Crippen LogP contribution in [0, 0.1) is 0 Å². The summed E-state index contributed by atoms with van der Waals surface area (Å²) in [4.78, 5) is 11.7. The summed E-state index contributed by atoms with van der Waals surface area (Å²) in [5.41, 5.74) is 0.106. The summed E-state index contributed by atoms with van der Waals surface area (Å²) in [5.74, 6) is 0. The van der Waals surface area contributed by atoms with Crippen LogP contribution in [0.25, 0.3) is 0 Å². The van der Waals surface area contributed by atoms with Crippen molar-refractivity contribution in [3.63, 3.8) is 0 Å². The van der Waals surface area contributed by atoms with Gasteiger partial charge in [0.2, 0.25) is 0 Å². The van der Waals surface area contributed by atoms with Gasteiger partial charge in [0.1, 0.15) is 0 Å². The smallest absolute Gasteiger partial charge is 0.328 e. The molecule has 0 aromatic carbocycles. The Kier molecular flexibility index (Phi) is 5.18. The molecule has 15 heavy (non-hydrogen) atoms. The highest BCUT2D eigenvalue weighted by atomic mass is 16.5. The number of methoxy groups -OCH3 is 1. The Balaban J connectivity index is 2.44. The van der Waals surface area contributed by atoms with Crippen molar-refractivity contribution in [1.29, 1.82) is 0 Å².